The van der Waals surface area contributed by atoms with Crippen LogP contribution in [0, 0.1) is 0 Å². The van der Waals surface area contributed by atoms with Crippen LogP contribution in [-0.4, -0.2) is 64.7 Å². The molecule has 0 aliphatic carbocycles. The van der Waals surface area contributed by atoms with E-state index < -0.39 is 9.84 Å². The summed E-state index contributed by atoms with van der Waals surface area (Å²) in [6.45, 7) is 5.77. The van der Waals surface area contributed by atoms with Crippen molar-refractivity contribution in [2.24, 2.45) is 0 Å². The molecule has 1 aromatic carbocycles. The Bertz CT molecular complexity index is 593. The van der Waals surface area contributed by atoms with E-state index >= 15 is 0 Å². The highest BCUT2D eigenvalue weighted by molar-refractivity contribution is 7.90. The van der Waals surface area contributed by atoms with Crippen molar-refractivity contribution in [1.82, 2.24) is 15.5 Å². The number of amides is 1. The summed E-state index contributed by atoms with van der Waals surface area (Å²) in [6, 6.07) is 6.01. The molecule has 1 amide bonds. The maximum Gasteiger partial charge on any atom is 0.251 e. The van der Waals surface area contributed by atoms with Crippen molar-refractivity contribution >= 4 is 15.7 Å². The lowest BCUT2D eigenvalue weighted by atomic mass is 10.2. The first-order valence-electron chi connectivity index (χ1n) is 7.48. The monoisotopic (exact) mass is 325 g/mol. The summed E-state index contributed by atoms with van der Waals surface area (Å²) in [7, 11) is -3.22. The molecule has 1 aliphatic heterocycles. The predicted molar refractivity (Wildman–Crippen MR) is 85.8 cm³/mol. The van der Waals surface area contributed by atoms with Crippen LogP contribution in [-0.2, 0) is 9.84 Å². The summed E-state index contributed by atoms with van der Waals surface area (Å²) < 4.78 is 22.7. The molecule has 1 saturated heterocycles. The predicted octanol–water partition coefficient (Wildman–Crippen LogP) is 0.115. The number of nitrogens with zero attached hydrogens (tertiary/aromatic N) is 1. The molecule has 0 unspecified atom stereocenters. The number of carbonyl (C=O) groups excluding carboxylic acids is 1. The number of hydrogen-bond acceptors (Lipinski definition) is 5. The molecular weight excluding hydrogens is 302 g/mol. The minimum absolute atomic E-state index is 0.166. The molecule has 0 saturated carbocycles. The van der Waals surface area contributed by atoms with Crippen molar-refractivity contribution in [3.63, 3.8) is 0 Å². The van der Waals surface area contributed by atoms with Crippen LogP contribution in [0.3, 0.4) is 0 Å². The molecule has 6 nitrogen and oxygen atoms in total. The van der Waals surface area contributed by atoms with E-state index in [9.17, 15) is 13.2 Å². The highest BCUT2D eigenvalue weighted by atomic mass is 32.2. The van der Waals surface area contributed by atoms with E-state index in [0.29, 0.717) is 12.1 Å². The van der Waals surface area contributed by atoms with Gasteiger partial charge in [-0.25, -0.2) is 8.42 Å². The lowest BCUT2D eigenvalue weighted by molar-refractivity contribution is 0.0951. The fourth-order valence-corrected chi connectivity index (χ4v) is 3.03. The number of nitrogens with one attached hydrogen (secondary N) is 2. The van der Waals surface area contributed by atoms with Gasteiger partial charge in [0.25, 0.3) is 5.91 Å². The van der Waals surface area contributed by atoms with Crippen LogP contribution in [0.4, 0.5) is 0 Å². The van der Waals surface area contributed by atoms with Crippen molar-refractivity contribution in [1.29, 1.82) is 0 Å². The van der Waals surface area contributed by atoms with Gasteiger partial charge in [0.1, 0.15) is 0 Å². The molecule has 2 N–H and O–H groups in total. The molecule has 1 aliphatic rings. The fraction of sp³-hybridized carbons (Fsp3) is 0.533. The molecule has 0 spiro atoms. The molecule has 1 fully saturated rings. The first-order chi connectivity index (χ1) is 10.5. The molecule has 0 radical (unpaired) electrons. The Balaban J connectivity index is 1.75. The summed E-state index contributed by atoms with van der Waals surface area (Å²) >= 11 is 0. The zero-order valence-electron chi connectivity index (χ0n) is 12.8. The van der Waals surface area contributed by atoms with Gasteiger partial charge in [-0.1, -0.05) is 0 Å². The van der Waals surface area contributed by atoms with Crippen molar-refractivity contribution in [2.75, 3.05) is 45.5 Å². The average molecular weight is 325 g/mol. The van der Waals surface area contributed by atoms with Crippen molar-refractivity contribution in [3.05, 3.63) is 29.8 Å². The minimum atomic E-state index is -3.22. The summed E-state index contributed by atoms with van der Waals surface area (Å²) in [5.41, 5.74) is 0.481. The highest BCUT2D eigenvalue weighted by Gasteiger charge is 2.11. The molecular formula is C15H23N3O3S. The number of hydrogen-bond donors (Lipinski definition) is 2. The third-order valence-electron chi connectivity index (χ3n) is 3.69. The molecule has 7 heteroatoms. The Kier molecular flexibility index (Phi) is 5.93. The molecule has 0 aromatic heterocycles. The van der Waals surface area contributed by atoms with E-state index in [1.165, 1.54) is 12.1 Å². The van der Waals surface area contributed by atoms with Gasteiger partial charge in [0.05, 0.1) is 4.90 Å². The summed E-state index contributed by atoms with van der Waals surface area (Å²) in [6.07, 6.45) is 2.06. The highest BCUT2D eigenvalue weighted by Crippen LogP contribution is 2.10. The second-order valence-electron chi connectivity index (χ2n) is 5.50. The largest absolute Gasteiger partial charge is 0.352 e. The average Bonchev–Trinajstić information content (AvgIpc) is 2.52. The smallest absolute Gasteiger partial charge is 0.251 e. The molecule has 1 aromatic rings. The van der Waals surface area contributed by atoms with Crippen LogP contribution in [0.1, 0.15) is 16.8 Å². The van der Waals surface area contributed by atoms with Gasteiger partial charge >= 0.3 is 0 Å². The molecule has 122 valence electrons. The maximum absolute atomic E-state index is 12.0. The summed E-state index contributed by atoms with van der Waals surface area (Å²) in [5.74, 6) is -0.166. The maximum atomic E-state index is 12.0. The van der Waals surface area contributed by atoms with Gasteiger partial charge in [-0.2, -0.15) is 0 Å². The van der Waals surface area contributed by atoms with Gasteiger partial charge in [0.15, 0.2) is 9.84 Å². The van der Waals surface area contributed by atoms with E-state index in [1.54, 1.807) is 12.1 Å². The Morgan fingerprint density at radius 3 is 2.45 bits per heavy atom. The topological polar surface area (TPSA) is 78.5 Å². The standard InChI is InChI=1S/C15H23N3O3S/c1-22(20,21)14-5-3-13(4-6-14)15(19)17-7-2-10-18-11-8-16-9-12-18/h3-6,16H,2,7-12H2,1H3,(H,17,19). The Morgan fingerprint density at radius 1 is 1.23 bits per heavy atom. The molecule has 1 heterocycles. The van der Waals surface area contributed by atoms with Gasteiger partial charge in [-0.05, 0) is 37.2 Å². The SMILES string of the molecule is CS(=O)(=O)c1ccc(C(=O)NCCCN2CCNCC2)cc1. The van der Waals surface area contributed by atoms with E-state index in [0.717, 1.165) is 45.4 Å². The lowest BCUT2D eigenvalue weighted by Gasteiger charge is -2.27. The molecule has 2 rings (SSSR count). The second-order valence-corrected chi connectivity index (χ2v) is 7.51. The van der Waals surface area contributed by atoms with E-state index in [-0.39, 0.29) is 10.8 Å². The second kappa shape index (κ2) is 7.71. The van der Waals surface area contributed by atoms with Crippen LogP contribution < -0.4 is 10.6 Å². The summed E-state index contributed by atoms with van der Waals surface area (Å²) in [4.78, 5) is 14.6. The number of carbonyl (C=O) groups is 1. The van der Waals surface area contributed by atoms with E-state index in [1.807, 2.05) is 0 Å². The van der Waals surface area contributed by atoms with Crippen LogP contribution in [0.15, 0.2) is 29.2 Å². The quantitative estimate of drug-likeness (QED) is 0.726. The van der Waals surface area contributed by atoms with Crippen LogP contribution in [0.25, 0.3) is 0 Å². The van der Waals surface area contributed by atoms with Crippen LogP contribution >= 0.6 is 0 Å². The van der Waals surface area contributed by atoms with Gasteiger partial charge in [-0.15, -0.1) is 0 Å². The molecule has 22 heavy (non-hydrogen) atoms. The zero-order chi connectivity index (χ0) is 16.0. The number of benzene rings is 1. The van der Waals surface area contributed by atoms with E-state index in [4.69, 9.17) is 0 Å². The molecule has 0 atom stereocenters. The van der Waals surface area contributed by atoms with Gasteiger partial charge in [-0.3, -0.25) is 4.79 Å². The summed E-state index contributed by atoms with van der Waals surface area (Å²) in [5, 5.41) is 6.17. The fourth-order valence-electron chi connectivity index (χ4n) is 2.39. The number of rotatable bonds is 6. The third-order valence-corrected chi connectivity index (χ3v) is 4.82. The van der Waals surface area contributed by atoms with Crippen LogP contribution in [0.5, 0.6) is 0 Å². The first-order valence-corrected chi connectivity index (χ1v) is 9.37. The number of sulfone groups is 1. The normalized spacial score (nSPS) is 16.4. The minimum Gasteiger partial charge on any atom is -0.352 e. The van der Waals surface area contributed by atoms with Gasteiger partial charge < -0.3 is 15.5 Å². The van der Waals surface area contributed by atoms with Crippen LogP contribution in [0.2, 0.25) is 0 Å². The molecule has 0 bridgehead atoms. The van der Waals surface area contributed by atoms with Crippen molar-refractivity contribution < 1.29 is 13.2 Å². The first kappa shape index (κ1) is 16.9. The number of piperazine rings is 1. The lowest BCUT2D eigenvalue weighted by Crippen LogP contribution is -2.44. The Morgan fingerprint density at radius 2 is 1.86 bits per heavy atom. The van der Waals surface area contributed by atoms with Crippen molar-refractivity contribution in [3.8, 4) is 0 Å². The van der Waals surface area contributed by atoms with Crippen molar-refractivity contribution in [2.45, 2.75) is 11.3 Å². The van der Waals surface area contributed by atoms with E-state index in [2.05, 4.69) is 15.5 Å². The third kappa shape index (κ3) is 5.08. The Labute approximate surface area is 131 Å². The Hall–Kier alpha value is -1.44. The zero-order valence-corrected chi connectivity index (χ0v) is 13.7. The van der Waals surface area contributed by atoms with Gasteiger partial charge in [0, 0.05) is 44.5 Å². The van der Waals surface area contributed by atoms with Gasteiger partial charge in [0.2, 0.25) is 0 Å².